The third-order valence-corrected chi connectivity index (χ3v) is 4.18. The Bertz CT molecular complexity index is 805. The summed E-state index contributed by atoms with van der Waals surface area (Å²) in [6.07, 6.45) is 1.54. The van der Waals surface area contributed by atoms with Crippen molar-refractivity contribution in [2.24, 2.45) is 0 Å². The second-order valence-electron chi connectivity index (χ2n) is 5.12. The van der Waals surface area contributed by atoms with E-state index in [1.165, 1.54) is 13.2 Å². The van der Waals surface area contributed by atoms with Gasteiger partial charge in [-0.05, 0) is 32.4 Å². The number of sulfonamides is 1. The molecular weight excluding hydrogens is 314 g/mol. The Morgan fingerprint density at radius 2 is 1.61 bits per heavy atom. The zero-order chi connectivity index (χ0) is 17.0. The smallest absolute Gasteiger partial charge is 0.316 e. The summed E-state index contributed by atoms with van der Waals surface area (Å²) in [6.45, 7) is 5.36. The molecule has 23 heavy (non-hydrogen) atoms. The van der Waals surface area contributed by atoms with Gasteiger partial charge in [0.2, 0.25) is 0 Å². The molecule has 0 bridgehead atoms. The summed E-state index contributed by atoms with van der Waals surface area (Å²) in [5, 5.41) is 1.13. The zero-order valence-corrected chi connectivity index (χ0v) is 14.3. The van der Waals surface area contributed by atoms with E-state index in [0.717, 1.165) is 16.5 Å². The minimum absolute atomic E-state index is 0.207. The number of hydrogen-bond donors (Lipinski definition) is 1. The molecule has 0 spiro atoms. The van der Waals surface area contributed by atoms with Crippen LogP contribution in [-0.4, -0.2) is 25.5 Å². The highest BCUT2D eigenvalue weighted by Gasteiger charge is 2.14. The molecule has 2 rings (SSSR count). The molecule has 7 heteroatoms. The molecule has 122 valence electrons. The molecule has 1 aromatic heterocycles. The fourth-order valence-corrected chi connectivity index (χ4v) is 2.93. The first-order valence-electron chi connectivity index (χ1n) is 6.97. The maximum absolute atomic E-state index is 12.2. The zero-order valence-electron chi connectivity index (χ0n) is 13.5. The largest absolute Gasteiger partial charge is 0.467 e. The minimum atomic E-state index is -3.66. The van der Waals surface area contributed by atoms with Crippen LogP contribution in [0, 0.1) is 20.8 Å². The molecule has 0 amide bonds. The van der Waals surface area contributed by atoms with Crippen LogP contribution in [0.15, 0.2) is 29.7 Å². The summed E-state index contributed by atoms with van der Waals surface area (Å²) in [7, 11) is -2.20. The fraction of sp³-hybridized carbons (Fsp3) is 0.250. The summed E-state index contributed by atoms with van der Waals surface area (Å²) < 4.78 is 31.9. The van der Waals surface area contributed by atoms with Crippen molar-refractivity contribution in [1.29, 1.82) is 0 Å². The van der Waals surface area contributed by atoms with Crippen molar-refractivity contribution in [1.82, 2.24) is 9.97 Å². The van der Waals surface area contributed by atoms with Crippen molar-refractivity contribution in [3.8, 4) is 6.01 Å². The SMILES string of the molecule is COc1nc(C)c(NS(=O)(=O)/C=C/c2ccc(C)cc2)c(C)n1. The molecule has 0 aliphatic heterocycles. The molecule has 0 fully saturated rings. The third-order valence-electron chi connectivity index (χ3n) is 3.19. The maximum atomic E-state index is 12.2. The van der Waals surface area contributed by atoms with Gasteiger partial charge in [0, 0.05) is 0 Å². The molecular formula is C16H19N3O3S. The summed E-state index contributed by atoms with van der Waals surface area (Å²) in [6, 6.07) is 7.76. The first-order chi connectivity index (χ1) is 10.8. The Balaban J connectivity index is 2.23. The Morgan fingerprint density at radius 3 is 2.13 bits per heavy atom. The van der Waals surface area contributed by atoms with Crippen LogP contribution in [-0.2, 0) is 10.0 Å². The van der Waals surface area contributed by atoms with Gasteiger partial charge in [-0.25, -0.2) is 8.42 Å². The lowest BCUT2D eigenvalue weighted by molar-refractivity contribution is 0.378. The average Bonchev–Trinajstić information content (AvgIpc) is 2.50. The highest BCUT2D eigenvalue weighted by Crippen LogP contribution is 2.21. The molecule has 0 aliphatic rings. The van der Waals surface area contributed by atoms with Crippen LogP contribution < -0.4 is 9.46 Å². The van der Waals surface area contributed by atoms with Gasteiger partial charge in [-0.15, -0.1) is 0 Å². The van der Waals surface area contributed by atoms with E-state index >= 15 is 0 Å². The predicted octanol–water partition coefficient (Wildman–Crippen LogP) is 2.82. The average molecular weight is 333 g/mol. The summed E-state index contributed by atoms with van der Waals surface area (Å²) in [5.74, 6) is 0. The molecule has 1 heterocycles. The lowest BCUT2D eigenvalue weighted by atomic mass is 10.2. The number of anilines is 1. The van der Waals surface area contributed by atoms with Gasteiger partial charge in [0.1, 0.15) is 0 Å². The van der Waals surface area contributed by atoms with Crippen LogP contribution in [0.1, 0.15) is 22.5 Å². The maximum Gasteiger partial charge on any atom is 0.316 e. The number of benzene rings is 1. The Labute approximate surface area is 136 Å². The summed E-state index contributed by atoms with van der Waals surface area (Å²) in [4.78, 5) is 8.16. The van der Waals surface area contributed by atoms with E-state index in [0.29, 0.717) is 17.1 Å². The molecule has 0 atom stereocenters. The highest BCUT2D eigenvalue weighted by atomic mass is 32.2. The number of nitrogens with one attached hydrogen (secondary N) is 1. The van der Waals surface area contributed by atoms with Crippen molar-refractivity contribution < 1.29 is 13.2 Å². The van der Waals surface area contributed by atoms with E-state index in [-0.39, 0.29) is 6.01 Å². The van der Waals surface area contributed by atoms with Crippen LogP contribution in [0.5, 0.6) is 6.01 Å². The molecule has 1 N–H and O–H groups in total. The van der Waals surface area contributed by atoms with Crippen LogP contribution in [0.25, 0.3) is 6.08 Å². The van der Waals surface area contributed by atoms with Gasteiger partial charge in [0.15, 0.2) is 0 Å². The Morgan fingerprint density at radius 1 is 1.04 bits per heavy atom. The van der Waals surface area contributed by atoms with Crippen LogP contribution in [0.4, 0.5) is 5.69 Å². The second kappa shape index (κ2) is 6.78. The Kier molecular flexibility index (Phi) is 5.00. The van der Waals surface area contributed by atoms with Gasteiger partial charge in [-0.1, -0.05) is 29.8 Å². The number of methoxy groups -OCH3 is 1. The van der Waals surface area contributed by atoms with Crippen molar-refractivity contribution in [2.75, 3.05) is 11.8 Å². The topological polar surface area (TPSA) is 81.2 Å². The second-order valence-corrected chi connectivity index (χ2v) is 6.68. The van der Waals surface area contributed by atoms with Crippen molar-refractivity contribution in [3.05, 3.63) is 52.2 Å². The molecule has 1 aromatic carbocycles. The van der Waals surface area contributed by atoms with Gasteiger partial charge >= 0.3 is 6.01 Å². The van der Waals surface area contributed by atoms with Crippen molar-refractivity contribution >= 4 is 21.8 Å². The van der Waals surface area contributed by atoms with E-state index in [4.69, 9.17) is 4.74 Å². The minimum Gasteiger partial charge on any atom is -0.467 e. The number of aromatic nitrogens is 2. The van der Waals surface area contributed by atoms with E-state index in [1.54, 1.807) is 13.8 Å². The van der Waals surface area contributed by atoms with Crippen LogP contribution in [0.3, 0.4) is 0 Å². The number of aryl methyl sites for hydroxylation is 3. The Hall–Kier alpha value is -2.41. The van der Waals surface area contributed by atoms with Crippen LogP contribution in [0.2, 0.25) is 0 Å². The summed E-state index contributed by atoms with van der Waals surface area (Å²) in [5.41, 5.74) is 3.29. The lowest BCUT2D eigenvalue weighted by Gasteiger charge is -2.11. The molecule has 6 nitrogen and oxygen atoms in total. The van der Waals surface area contributed by atoms with E-state index in [9.17, 15) is 8.42 Å². The van der Waals surface area contributed by atoms with E-state index < -0.39 is 10.0 Å². The normalized spacial score (nSPS) is 11.7. The standard InChI is InChI=1S/C16H19N3O3S/c1-11-5-7-14(8-6-11)9-10-23(20,21)19-15-12(2)17-16(22-4)18-13(15)3/h5-10,19H,1-4H3/b10-9+. The highest BCUT2D eigenvalue weighted by molar-refractivity contribution is 7.95. The molecule has 0 saturated heterocycles. The molecule has 2 aromatic rings. The number of nitrogens with zero attached hydrogens (tertiary/aromatic N) is 2. The van der Waals surface area contributed by atoms with Gasteiger partial charge in [-0.2, -0.15) is 9.97 Å². The third kappa shape index (κ3) is 4.53. The van der Waals surface area contributed by atoms with Crippen LogP contribution >= 0.6 is 0 Å². The van der Waals surface area contributed by atoms with Gasteiger partial charge in [-0.3, -0.25) is 4.72 Å². The number of ether oxygens (including phenoxy) is 1. The molecule has 0 saturated carbocycles. The number of hydrogen-bond acceptors (Lipinski definition) is 5. The van der Waals surface area contributed by atoms with Gasteiger partial charge < -0.3 is 4.74 Å². The lowest BCUT2D eigenvalue weighted by Crippen LogP contribution is -2.13. The van der Waals surface area contributed by atoms with Crippen molar-refractivity contribution in [2.45, 2.75) is 20.8 Å². The van der Waals surface area contributed by atoms with E-state index in [1.807, 2.05) is 31.2 Å². The van der Waals surface area contributed by atoms with E-state index in [2.05, 4.69) is 14.7 Å². The first-order valence-corrected chi connectivity index (χ1v) is 8.52. The predicted molar refractivity (Wildman–Crippen MR) is 90.8 cm³/mol. The van der Waals surface area contributed by atoms with Gasteiger partial charge in [0.25, 0.3) is 10.0 Å². The number of rotatable bonds is 5. The molecule has 0 aliphatic carbocycles. The molecule has 0 radical (unpaired) electrons. The van der Waals surface area contributed by atoms with Gasteiger partial charge in [0.05, 0.1) is 29.6 Å². The quantitative estimate of drug-likeness (QED) is 0.910. The van der Waals surface area contributed by atoms with Crippen molar-refractivity contribution in [3.63, 3.8) is 0 Å². The fourth-order valence-electron chi connectivity index (χ4n) is 1.95. The first kappa shape index (κ1) is 17.0. The monoisotopic (exact) mass is 333 g/mol. The summed E-state index contributed by atoms with van der Waals surface area (Å²) >= 11 is 0. The molecule has 0 unspecified atom stereocenters.